The second kappa shape index (κ2) is 6.48. The predicted octanol–water partition coefficient (Wildman–Crippen LogP) is 3.45. The molecule has 20 heavy (non-hydrogen) atoms. The molecule has 1 saturated carbocycles. The van der Waals surface area contributed by atoms with Gasteiger partial charge in [0.05, 0.1) is 23.2 Å². The molecule has 0 spiro atoms. The summed E-state index contributed by atoms with van der Waals surface area (Å²) in [5, 5.41) is 0. The fourth-order valence-corrected chi connectivity index (χ4v) is 4.06. The van der Waals surface area contributed by atoms with Gasteiger partial charge in [0.2, 0.25) is 0 Å². The van der Waals surface area contributed by atoms with Crippen LogP contribution in [0.15, 0.2) is 19.6 Å². The summed E-state index contributed by atoms with van der Waals surface area (Å²) in [6.45, 7) is 2.29. The minimum atomic E-state index is 0.132. The van der Waals surface area contributed by atoms with E-state index in [4.69, 9.17) is 14.9 Å². The van der Waals surface area contributed by atoms with E-state index in [2.05, 4.69) is 36.8 Å². The molecular weight excluding hydrogens is 388 g/mol. The van der Waals surface area contributed by atoms with Crippen molar-refractivity contribution in [3.05, 3.63) is 21.0 Å². The van der Waals surface area contributed by atoms with E-state index in [9.17, 15) is 0 Å². The highest BCUT2D eigenvalue weighted by molar-refractivity contribution is 9.13. The molecule has 4 nitrogen and oxygen atoms in total. The topological polar surface area (TPSA) is 51.6 Å². The molecule has 1 aliphatic heterocycles. The Morgan fingerprint density at radius 1 is 1.35 bits per heavy atom. The Hall–Kier alpha value is 0.120. The van der Waals surface area contributed by atoms with Gasteiger partial charge in [-0.1, -0.05) is 12.8 Å². The number of furan rings is 1. The maximum atomic E-state index is 6.04. The van der Waals surface area contributed by atoms with Crippen LogP contribution in [-0.2, 0) is 4.74 Å². The van der Waals surface area contributed by atoms with Crippen LogP contribution in [0.25, 0.3) is 0 Å². The van der Waals surface area contributed by atoms with Crippen molar-refractivity contribution in [2.24, 2.45) is 5.73 Å². The summed E-state index contributed by atoms with van der Waals surface area (Å²) in [6.07, 6.45) is 5.30. The molecule has 1 aromatic rings. The van der Waals surface area contributed by atoms with E-state index in [1.807, 2.05) is 6.07 Å². The molecule has 0 radical (unpaired) electrons. The van der Waals surface area contributed by atoms with E-state index in [-0.39, 0.29) is 6.04 Å². The molecule has 1 aromatic heterocycles. The van der Waals surface area contributed by atoms with Gasteiger partial charge in [-0.2, -0.15) is 0 Å². The molecule has 2 fully saturated rings. The number of ether oxygens (including phenoxy) is 1. The predicted molar refractivity (Wildman–Crippen MR) is 84.6 cm³/mol. The van der Waals surface area contributed by atoms with Crippen LogP contribution in [0, 0.1) is 0 Å². The second-order valence-corrected chi connectivity index (χ2v) is 7.10. The summed E-state index contributed by atoms with van der Waals surface area (Å²) in [5.41, 5.74) is 6.04. The average molecular weight is 408 g/mol. The summed E-state index contributed by atoms with van der Waals surface area (Å²) < 4.78 is 13.4. The Kier molecular flexibility index (Phi) is 4.87. The van der Waals surface area contributed by atoms with Gasteiger partial charge in [-0.05, 0) is 50.8 Å². The molecule has 0 amide bonds. The molecule has 3 unspecified atom stereocenters. The monoisotopic (exact) mass is 406 g/mol. The molecule has 3 rings (SSSR count). The summed E-state index contributed by atoms with van der Waals surface area (Å²) in [7, 11) is 0. The second-order valence-electron chi connectivity index (χ2n) is 5.52. The number of halogens is 2. The van der Waals surface area contributed by atoms with Crippen molar-refractivity contribution < 1.29 is 9.15 Å². The molecule has 1 aliphatic carbocycles. The lowest BCUT2D eigenvalue weighted by Crippen LogP contribution is -2.54. The van der Waals surface area contributed by atoms with E-state index >= 15 is 0 Å². The molecule has 2 heterocycles. The zero-order chi connectivity index (χ0) is 14.1. The summed E-state index contributed by atoms with van der Waals surface area (Å²) in [5.74, 6) is 0.928. The molecule has 2 N–H and O–H groups in total. The third-order valence-corrected chi connectivity index (χ3v) is 6.10. The van der Waals surface area contributed by atoms with Crippen LogP contribution in [0.4, 0.5) is 0 Å². The molecule has 0 bridgehead atoms. The summed E-state index contributed by atoms with van der Waals surface area (Å²) in [4.78, 5) is 2.49. The van der Waals surface area contributed by atoms with Crippen molar-refractivity contribution in [3.8, 4) is 0 Å². The minimum Gasteiger partial charge on any atom is -0.451 e. The highest BCUT2D eigenvalue weighted by Gasteiger charge is 2.38. The zero-order valence-corrected chi connectivity index (χ0v) is 14.5. The van der Waals surface area contributed by atoms with Gasteiger partial charge < -0.3 is 14.9 Å². The lowest BCUT2D eigenvalue weighted by molar-refractivity contribution is -0.104. The van der Waals surface area contributed by atoms with Crippen LogP contribution in [0.3, 0.4) is 0 Å². The number of hydrogen-bond acceptors (Lipinski definition) is 4. The molecule has 0 aromatic carbocycles. The standard InChI is InChI=1S/C14H20Br2N2O2/c15-9-7-13(20-14(9)16)11(8-17)18-5-6-19-12-4-2-1-3-10(12)18/h7,10-12H,1-6,8,17H2. The maximum Gasteiger partial charge on any atom is 0.183 e. The number of morpholine rings is 1. The average Bonchev–Trinajstić information content (AvgIpc) is 2.79. The number of nitrogens with two attached hydrogens (primary N) is 1. The molecule has 3 atom stereocenters. The van der Waals surface area contributed by atoms with Crippen molar-refractivity contribution >= 4 is 31.9 Å². The van der Waals surface area contributed by atoms with Crippen LogP contribution < -0.4 is 5.73 Å². The molecular formula is C14H20Br2N2O2. The Labute approximate surface area is 136 Å². The molecule has 112 valence electrons. The van der Waals surface area contributed by atoms with E-state index in [1.54, 1.807) is 0 Å². The molecule has 6 heteroatoms. The van der Waals surface area contributed by atoms with Crippen LogP contribution >= 0.6 is 31.9 Å². The van der Waals surface area contributed by atoms with Gasteiger partial charge >= 0.3 is 0 Å². The first kappa shape index (κ1) is 15.0. The van der Waals surface area contributed by atoms with Crippen LogP contribution in [0.1, 0.15) is 37.5 Å². The van der Waals surface area contributed by atoms with Gasteiger partial charge in [-0.25, -0.2) is 0 Å². The highest BCUT2D eigenvalue weighted by atomic mass is 79.9. The van der Waals surface area contributed by atoms with Gasteiger partial charge in [-0.15, -0.1) is 0 Å². The Morgan fingerprint density at radius 3 is 2.85 bits per heavy atom. The van der Waals surface area contributed by atoms with Crippen LogP contribution in [0.5, 0.6) is 0 Å². The summed E-state index contributed by atoms with van der Waals surface area (Å²) >= 11 is 6.89. The highest BCUT2D eigenvalue weighted by Crippen LogP contribution is 2.37. The van der Waals surface area contributed by atoms with Gasteiger partial charge in [0.15, 0.2) is 4.67 Å². The maximum absolute atomic E-state index is 6.04. The lowest BCUT2D eigenvalue weighted by Gasteiger charge is -2.46. The summed E-state index contributed by atoms with van der Waals surface area (Å²) in [6, 6.07) is 2.63. The molecule has 1 saturated heterocycles. The van der Waals surface area contributed by atoms with E-state index in [0.29, 0.717) is 18.7 Å². The number of nitrogens with zero attached hydrogens (tertiary/aromatic N) is 1. The van der Waals surface area contributed by atoms with Crippen LogP contribution in [0.2, 0.25) is 0 Å². The van der Waals surface area contributed by atoms with Gasteiger partial charge in [-0.3, -0.25) is 4.90 Å². The SMILES string of the molecule is NCC(c1cc(Br)c(Br)o1)N1CCOC2CCCCC21. The number of fused-ring (bicyclic) bond motifs is 1. The van der Waals surface area contributed by atoms with E-state index < -0.39 is 0 Å². The number of rotatable bonds is 3. The Morgan fingerprint density at radius 2 is 2.15 bits per heavy atom. The Bertz CT molecular complexity index is 445. The lowest BCUT2D eigenvalue weighted by atomic mass is 9.89. The van der Waals surface area contributed by atoms with E-state index in [1.165, 1.54) is 25.7 Å². The van der Waals surface area contributed by atoms with Crippen LogP contribution in [-0.4, -0.2) is 36.7 Å². The first-order chi connectivity index (χ1) is 9.70. The first-order valence-electron chi connectivity index (χ1n) is 7.23. The van der Waals surface area contributed by atoms with Crippen molar-refractivity contribution in [1.82, 2.24) is 4.90 Å². The number of hydrogen-bond donors (Lipinski definition) is 1. The van der Waals surface area contributed by atoms with Crippen molar-refractivity contribution in [3.63, 3.8) is 0 Å². The van der Waals surface area contributed by atoms with Gasteiger partial charge in [0.1, 0.15) is 5.76 Å². The fourth-order valence-electron chi connectivity index (χ4n) is 3.46. The van der Waals surface area contributed by atoms with E-state index in [0.717, 1.165) is 28.1 Å². The zero-order valence-electron chi connectivity index (χ0n) is 11.4. The minimum absolute atomic E-state index is 0.132. The third-order valence-electron chi connectivity index (χ3n) is 4.39. The third kappa shape index (κ3) is 2.86. The normalized spacial score (nSPS) is 29.1. The Balaban J connectivity index is 1.83. The quantitative estimate of drug-likeness (QED) is 0.833. The van der Waals surface area contributed by atoms with Crippen molar-refractivity contribution in [2.75, 3.05) is 19.7 Å². The smallest absolute Gasteiger partial charge is 0.183 e. The van der Waals surface area contributed by atoms with Crippen molar-refractivity contribution in [2.45, 2.75) is 43.9 Å². The fraction of sp³-hybridized carbons (Fsp3) is 0.714. The molecule has 2 aliphatic rings. The van der Waals surface area contributed by atoms with Crippen molar-refractivity contribution in [1.29, 1.82) is 0 Å². The van der Waals surface area contributed by atoms with Gasteiger partial charge in [0, 0.05) is 19.1 Å². The largest absolute Gasteiger partial charge is 0.451 e. The first-order valence-corrected chi connectivity index (χ1v) is 8.81. The van der Waals surface area contributed by atoms with Gasteiger partial charge in [0.25, 0.3) is 0 Å².